The predicted molar refractivity (Wildman–Crippen MR) is 76.8 cm³/mol. The van der Waals surface area contributed by atoms with E-state index in [1.54, 1.807) is 24.4 Å². The zero-order chi connectivity index (χ0) is 15.5. The van der Waals surface area contributed by atoms with Crippen molar-refractivity contribution >= 4 is 10.0 Å². The molecule has 0 aliphatic heterocycles. The van der Waals surface area contributed by atoms with Gasteiger partial charge in [0.05, 0.1) is 26.5 Å². The fourth-order valence-corrected chi connectivity index (χ4v) is 3.24. The van der Waals surface area contributed by atoms with E-state index in [0.717, 1.165) is 0 Å². The molecule has 0 aliphatic rings. The summed E-state index contributed by atoms with van der Waals surface area (Å²) in [5, 5.41) is 6.53. The van der Waals surface area contributed by atoms with Crippen LogP contribution in [0.2, 0.25) is 0 Å². The van der Waals surface area contributed by atoms with E-state index in [4.69, 9.17) is 9.47 Å². The molecule has 1 heterocycles. The maximum absolute atomic E-state index is 12.7. The molecule has 7 nitrogen and oxygen atoms in total. The number of methoxy groups -OCH3 is 2. The van der Waals surface area contributed by atoms with Crippen LogP contribution in [0, 0.1) is 0 Å². The molecular weight excluding hydrogens is 294 g/mol. The van der Waals surface area contributed by atoms with Crippen molar-refractivity contribution in [3.63, 3.8) is 0 Å². The number of H-pyrrole nitrogens is 1. The third kappa shape index (κ3) is 3.01. The Hall–Kier alpha value is -2.06. The Kier molecular flexibility index (Phi) is 4.49. The molecule has 0 saturated carbocycles. The van der Waals surface area contributed by atoms with Gasteiger partial charge in [0.25, 0.3) is 0 Å². The van der Waals surface area contributed by atoms with Gasteiger partial charge in [0, 0.05) is 13.2 Å². The summed E-state index contributed by atoms with van der Waals surface area (Å²) in [5.74, 6) is 0.560. The minimum atomic E-state index is -3.71. The van der Waals surface area contributed by atoms with Crippen LogP contribution in [0.1, 0.15) is 5.69 Å². The van der Waals surface area contributed by atoms with Gasteiger partial charge in [0.2, 0.25) is 10.0 Å². The number of ether oxygens (including phenoxy) is 2. The Morgan fingerprint density at radius 3 is 2.57 bits per heavy atom. The minimum Gasteiger partial charge on any atom is -0.493 e. The van der Waals surface area contributed by atoms with Gasteiger partial charge < -0.3 is 9.47 Å². The van der Waals surface area contributed by atoms with E-state index >= 15 is 0 Å². The zero-order valence-corrected chi connectivity index (χ0v) is 12.8. The topological polar surface area (TPSA) is 84.5 Å². The summed E-state index contributed by atoms with van der Waals surface area (Å²) >= 11 is 0. The van der Waals surface area contributed by atoms with Gasteiger partial charge in [-0.1, -0.05) is 6.07 Å². The van der Waals surface area contributed by atoms with Crippen LogP contribution in [-0.2, 0) is 16.6 Å². The molecule has 1 aromatic heterocycles. The van der Waals surface area contributed by atoms with Gasteiger partial charge in [0.15, 0.2) is 11.5 Å². The van der Waals surface area contributed by atoms with Crippen LogP contribution in [0.25, 0.3) is 0 Å². The van der Waals surface area contributed by atoms with Crippen molar-refractivity contribution in [1.29, 1.82) is 0 Å². The van der Waals surface area contributed by atoms with E-state index in [-0.39, 0.29) is 17.2 Å². The molecule has 114 valence electrons. The Labute approximate surface area is 123 Å². The summed E-state index contributed by atoms with van der Waals surface area (Å²) in [7, 11) is 0.655. The van der Waals surface area contributed by atoms with Gasteiger partial charge in [-0.3, -0.25) is 5.10 Å². The SMILES string of the molecule is COc1cccc(S(=O)(=O)N(C)Cc2ccn[nH]2)c1OC. The molecule has 1 aromatic carbocycles. The Balaban J connectivity index is 2.39. The highest BCUT2D eigenvalue weighted by Crippen LogP contribution is 2.35. The molecule has 0 unspecified atom stereocenters. The number of rotatable bonds is 6. The standard InChI is InChI=1S/C13H17N3O4S/c1-16(9-10-7-8-14-15-10)21(17,18)12-6-4-5-11(19-2)13(12)20-3/h4-8H,9H2,1-3H3,(H,14,15). The summed E-state index contributed by atoms with van der Waals surface area (Å²) in [4.78, 5) is 0.0614. The normalized spacial score (nSPS) is 11.6. The number of hydrogen-bond donors (Lipinski definition) is 1. The predicted octanol–water partition coefficient (Wildman–Crippen LogP) is 1.25. The van der Waals surface area contributed by atoms with Crippen LogP contribution in [0.3, 0.4) is 0 Å². The van der Waals surface area contributed by atoms with Gasteiger partial charge in [-0.25, -0.2) is 8.42 Å². The van der Waals surface area contributed by atoms with Crippen LogP contribution >= 0.6 is 0 Å². The highest BCUT2D eigenvalue weighted by atomic mass is 32.2. The maximum Gasteiger partial charge on any atom is 0.247 e. The highest BCUT2D eigenvalue weighted by Gasteiger charge is 2.27. The summed E-state index contributed by atoms with van der Waals surface area (Å²) in [6, 6.07) is 6.46. The third-order valence-corrected chi connectivity index (χ3v) is 4.83. The molecule has 0 fully saturated rings. The van der Waals surface area contributed by atoms with Gasteiger partial charge in [-0.2, -0.15) is 9.40 Å². The number of nitrogens with zero attached hydrogens (tertiary/aromatic N) is 2. The molecule has 2 rings (SSSR count). The molecule has 0 aliphatic carbocycles. The largest absolute Gasteiger partial charge is 0.493 e. The first-order valence-corrected chi connectivity index (χ1v) is 7.60. The van der Waals surface area contributed by atoms with Crippen LogP contribution in [0.5, 0.6) is 11.5 Å². The summed E-state index contributed by atoms with van der Waals surface area (Å²) in [5.41, 5.74) is 0.697. The van der Waals surface area contributed by atoms with E-state index in [1.165, 1.54) is 31.6 Å². The molecule has 0 radical (unpaired) electrons. The Morgan fingerprint density at radius 1 is 1.24 bits per heavy atom. The second kappa shape index (κ2) is 6.15. The van der Waals surface area contributed by atoms with E-state index in [0.29, 0.717) is 11.4 Å². The molecule has 1 N–H and O–H groups in total. The smallest absolute Gasteiger partial charge is 0.247 e. The zero-order valence-electron chi connectivity index (χ0n) is 12.0. The molecule has 2 aromatic rings. The van der Waals surface area contributed by atoms with E-state index in [1.807, 2.05) is 0 Å². The minimum absolute atomic E-state index is 0.0614. The van der Waals surface area contributed by atoms with Gasteiger partial charge >= 0.3 is 0 Å². The number of para-hydroxylation sites is 1. The van der Waals surface area contributed by atoms with Crippen molar-refractivity contribution < 1.29 is 17.9 Å². The first kappa shape index (κ1) is 15.3. The van der Waals surface area contributed by atoms with Crippen molar-refractivity contribution in [1.82, 2.24) is 14.5 Å². The van der Waals surface area contributed by atoms with Gasteiger partial charge in [0.1, 0.15) is 4.90 Å². The second-order valence-corrected chi connectivity index (χ2v) is 6.35. The molecule has 0 amide bonds. The fourth-order valence-electron chi connectivity index (χ4n) is 1.93. The number of nitrogens with one attached hydrogen (secondary N) is 1. The third-order valence-electron chi connectivity index (χ3n) is 3.01. The molecule has 0 atom stereocenters. The van der Waals surface area contributed by atoms with Crippen molar-refractivity contribution in [3.8, 4) is 11.5 Å². The quantitative estimate of drug-likeness (QED) is 0.868. The molecule has 21 heavy (non-hydrogen) atoms. The summed E-state index contributed by atoms with van der Waals surface area (Å²) in [6.07, 6.45) is 1.57. The average molecular weight is 311 g/mol. The van der Waals surface area contributed by atoms with Crippen LogP contribution in [0.4, 0.5) is 0 Å². The number of benzene rings is 1. The highest BCUT2D eigenvalue weighted by molar-refractivity contribution is 7.89. The summed E-state index contributed by atoms with van der Waals surface area (Å²) in [6.45, 7) is 0.183. The lowest BCUT2D eigenvalue weighted by molar-refractivity contribution is 0.345. The maximum atomic E-state index is 12.7. The van der Waals surface area contributed by atoms with Crippen molar-refractivity contribution in [2.24, 2.45) is 0 Å². The lowest BCUT2D eigenvalue weighted by Crippen LogP contribution is -2.27. The van der Waals surface area contributed by atoms with Crippen LogP contribution in [-0.4, -0.2) is 44.2 Å². The molecule has 0 bridgehead atoms. The lowest BCUT2D eigenvalue weighted by atomic mass is 10.3. The fraction of sp³-hybridized carbons (Fsp3) is 0.308. The van der Waals surface area contributed by atoms with Crippen LogP contribution < -0.4 is 9.47 Å². The van der Waals surface area contributed by atoms with Crippen LogP contribution in [0.15, 0.2) is 35.4 Å². The first-order valence-electron chi connectivity index (χ1n) is 6.16. The monoisotopic (exact) mass is 311 g/mol. The van der Waals surface area contributed by atoms with Gasteiger partial charge in [-0.05, 0) is 18.2 Å². The molecular formula is C13H17N3O4S. The molecule has 0 saturated heterocycles. The van der Waals surface area contributed by atoms with E-state index in [9.17, 15) is 8.42 Å². The van der Waals surface area contributed by atoms with E-state index < -0.39 is 10.0 Å². The number of aromatic nitrogens is 2. The number of aromatic amines is 1. The van der Waals surface area contributed by atoms with E-state index in [2.05, 4.69) is 10.2 Å². The Morgan fingerprint density at radius 2 is 2.00 bits per heavy atom. The summed E-state index contributed by atoms with van der Waals surface area (Å²) < 4.78 is 36.9. The molecule has 8 heteroatoms. The number of hydrogen-bond acceptors (Lipinski definition) is 5. The average Bonchev–Trinajstić information content (AvgIpc) is 2.99. The first-order chi connectivity index (χ1) is 10.0. The Bertz CT molecular complexity index is 698. The van der Waals surface area contributed by atoms with Crippen molar-refractivity contribution in [2.75, 3.05) is 21.3 Å². The van der Waals surface area contributed by atoms with Gasteiger partial charge in [-0.15, -0.1) is 0 Å². The number of sulfonamides is 1. The second-order valence-electron chi connectivity index (χ2n) is 4.33. The lowest BCUT2D eigenvalue weighted by Gasteiger charge is -2.19. The molecule has 0 spiro atoms. The van der Waals surface area contributed by atoms with Crippen molar-refractivity contribution in [3.05, 3.63) is 36.2 Å². The van der Waals surface area contributed by atoms with Crippen molar-refractivity contribution in [2.45, 2.75) is 11.4 Å².